The fourth-order valence-electron chi connectivity index (χ4n) is 7.00. The number of hydrogen-bond donors (Lipinski definition) is 0. The summed E-state index contributed by atoms with van der Waals surface area (Å²) in [5, 5.41) is 1.63. The number of aromatic nitrogens is 8. The summed E-state index contributed by atoms with van der Waals surface area (Å²) in [5.74, 6) is 2.66. The van der Waals surface area contributed by atoms with E-state index in [9.17, 15) is 0 Å². The lowest BCUT2D eigenvalue weighted by molar-refractivity contribution is 0.853. The molecule has 6 aromatic carbocycles. The summed E-state index contributed by atoms with van der Waals surface area (Å²) in [6, 6.07) is 54.9. The molecule has 0 aliphatic carbocycles. The van der Waals surface area contributed by atoms with Crippen molar-refractivity contribution >= 4 is 27.3 Å². The zero-order chi connectivity index (χ0) is 36.0. The molecular formula is C45H28N8O. The summed E-state index contributed by atoms with van der Waals surface area (Å²) < 4.78 is 3.31. The predicted molar refractivity (Wildman–Crippen MR) is 212 cm³/mol. The molecule has 0 saturated carbocycles. The molecule has 9 heteroatoms. The monoisotopic (exact) mass is 696 g/mol. The maximum atomic E-state index is 15.2. The molecule has 54 heavy (non-hydrogen) atoms. The fraction of sp³-hybridized carbons (Fsp3) is 0. The van der Waals surface area contributed by atoms with E-state index in [1.165, 1.54) is 0 Å². The molecule has 254 valence electrons. The Bertz CT molecular complexity index is 2940. The largest absolute Gasteiger partial charge is 0.340 e. The second kappa shape index (κ2) is 12.8. The Kier molecular flexibility index (Phi) is 7.40. The number of para-hydroxylation sites is 2. The van der Waals surface area contributed by atoms with E-state index < -0.39 is 0 Å². The summed E-state index contributed by atoms with van der Waals surface area (Å²) in [6.07, 6.45) is 0. The number of hydrogen-bond acceptors (Lipinski definition) is 7. The van der Waals surface area contributed by atoms with E-state index in [2.05, 4.69) is 0 Å². The normalized spacial score (nSPS) is 11.4. The van der Waals surface area contributed by atoms with Gasteiger partial charge in [-0.15, -0.1) is 0 Å². The molecule has 0 unspecified atom stereocenters. The highest BCUT2D eigenvalue weighted by Gasteiger charge is 2.25. The number of benzene rings is 6. The van der Waals surface area contributed by atoms with Gasteiger partial charge in [0.2, 0.25) is 5.95 Å². The highest BCUT2D eigenvalue weighted by Crippen LogP contribution is 2.38. The second-order valence-corrected chi connectivity index (χ2v) is 12.8. The van der Waals surface area contributed by atoms with Gasteiger partial charge in [-0.3, -0.25) is 4.40 Å². The van der Waals surface area contributed by atoms with Gasteiger partial charge in [-0.1, -0.05) is 158 Å². The Morgan fingerprint density at radius 1 is 0.352 bits per heavy atom. The molecule has 0 bridgehead atoms. The van der Waals surface area contributed by atoms with Crippen LogP contribution in [0.15, 0.2) is 175 Å². The van der Waals surface area contributed by atoms with Crippen molar-refractivity contribution in [1.82, 2.24) is 38.9 Å². The highest BCUT2D eigenvalue weighted by molar-refractivity contribution is 6.13. The maximum absolute atomic E-state index is 15.2. The average molecular weight is 697 g/mol. The van der Waals surface area contributed by atoms with Crippen LogP contribution in [0.4, 0.5) is 0 Å². The van der Waals surface area contributed by atoms with Crippen LogP contribution in [0.2, 0.25) is 0 Å². The molecule has 0 aliphatic heterocycles. The molecule has 9 nitrogen and oxygen atoms in total. The zero-order valence-corrected chi connectivity index (χ0v) is 28.7. The van der Waals surface area contributed by atoms with Gasteiger partial charge in [-0.25, -0.2) is 29.3 Å². The molecule has 4 heterocycles. The van der Waals surface area contributed by atoms with Crippen molar-refractivity contribution in [3.05, 3.63) is 180 Å². The summed E-state index contributed by atoms with van der Waals surface area (Å²) in [6.45, 7) is 0. The van der Waals surface area contributed by atoms with Crippen LogP contribution in [0, 0.1) is 0 Å². The van der Waals surface area contributed by atoms with Gasteiger partial charge in [-0.05, 0) is 12.1 Å². The fourth-order valence-corrected chi connectivity index (χ4v) is 7.00. The molecule has 0 saturated heterocycles. The van der Waals surface area contributed by atoms with Crippen LogP contribution in [0.5, 0.6) is 0 Å². The first-order chi connectivity index (χ1) is 26.7. The van der Waals surface area contributed by atoms with E-state index in [0.29, 0.717) is 45.7 Å². The van der Waals surface area contributed by atoms with Crippen LogP contribution < -0.4 is 5.69 Å². The molecule has 0 amide bonds. The van der Waals surface area contributed by atoms with Gasteiger partial charge in [0.25, 0.3) is 0 Å². The second-order valence-electron chi connectivity index (χ2n) is 12.8. The summed E-state index contributed by atoms with van der Waals surface area (Å²) in [7, 11) is 0. The number of rotatable bonds is 6. The maximum Gasteiger partial charge on any atom is 0.340 e. The van der Waals surface area contributed by atoms with E-state index in [1.807, 2.05) is 170 Å². The minimum Gasteiger partial charge on any atom is -0.260 e. The van der Waals surface area contributed by atoms with E-state index in [-0.39, 0.29) is 11.6 Å². The molecule has 0 fully saturated rings. The Balaban J connectivity index is 1.31. The van der Waals surface area contributed by atoms with Crippen LogP contribution >= 0.6 is 0 Å². The topological polar surface area (TPSA) is 104 Å². The van der Waals surface area contributed by atoms with Crippen molar-refractivity contribution in [2.24, 2.45) is 0 Å². The Labute approximate surface area is 308 Å². The molecule has 10 aromatic rings. The molecule has 0 radical (unpaired) electrons. The first kappa shape index (κ1) is 31.1. The molecule has 10 rings (SSSR count). The number of fused-ring (bicyclic) bond motifs is 5. The quantitative estimate of drug-likeness (QED) is 0.171. The molecular weight excluding hydrogens is 669 g/mol. The lowest BCUT2D eigenvalue weighted by atomic mass is 10.1. The number of nitrogens with zero attached hydrogens (tertiary/aromatic N) is 8. The van der Waals surface area contributed by atoms with E-state index in [0.717, 1.165) is 38.6 Å². The van der Waals surface area contributed by atoms with Crippen LogP contribution in [-0.2, 0) is 0 Å². The van der Waals surface area contributed by atoms with Gasteiger partial charge in [0.1, 0.15) is 0 Å². The van der Waals surface area contributed by atoms with Crippen molar-refractivity contribution in [2.45, 2.75) is 0 Å². The van der Waals surface area contributed by atoms with Crippen molar-refractivity contribution in [3.63, 3.8) is 0 Å². The van der Waals surface area contributed by atoms with Crippen molar-refractivity contribution in [2.75, 3.05) is 0 Å². The van der Waals surface area contributed by atoms with Gasteiger partial charge < -0.3 is 0 Å². The first-order valence-corrected chi connectivity index (χ1v) is 17.5. The Morgan fingerprint density at radius 3 is 1.20 bits per heavy atom. The predicted octanol–water partition coefficient (Wildman–Crippen LogP) is 9.10. The lowest BCUT2D eigenvalue weighted by Crippen LogP contribution is -2.27. The summed E-state index contributed by atoms with van der Waals surface area (Å²) >= 11 is 0. The van der Waals surface area contributed by atoms with Gasteiger partial charge in [0.15, 0.2) is 29.1 Å². The van der Waals surface area contributed by atoms with E-state index >= 15 is 4.79 Å². The van der Waals surface area contributed by atoms with Gasteiger partial charge in [0.05, 0.1) is 22.1 Å². The molecule has 0 atom stereocenters. The minimum atomic E-state index is -0.337. The van der Waals surface area contributed by atoms with Crippen LogP contribution in [0.3, 0.4) is 0 Å². The minimum absolute atomic E-state index is 0.211. The van der Waals surface area contributed by atoms with Gasteiger partial charge in [-0.2, -0.15) is 9.97 Å². The van der Waals surface area contributed by atoms with Crippen LogP contribution in [-0.4, -0.2) is 38.9 Å². The SMILES string of the molecule is O=c1n(-c2nc(-c3ccccc3)nc(-c3ccccc3)n2)c2ccccc2c2c(-c3nc(-c4ccccc4)nc(-c4ccccc4)n3)c3ccccc3n12. The van der Waals surface area contributed by atoms with Crippen LogP contribution in [0.1, 0.15) is 0 Å². The summed E-state index contributed by atoms with van der Waals surface area (Å²) in [5.41, 5.74) is 5.74. The standard InChI is InChI=1S/C45H28N8O/c54-45-52-35-27-15-13-25-33(35)37(43-48-39(29-17-5-1-6-18-29)46-40(49-43)30-19-7-2-8-20-30)38(52)34-26-14-16-28-36(34)53(45)44-50-41(31-21-9-3-10-22-31)47-42(51-44)32-23-11-4-12-24-32/h1-28H. The molecule has 0 aliphatic rings. The van der Waals surface area contributed by atoms with Crippen molar-refractivity contribution < 1.29 is 0 Å². The smallest absolute Gasteiger partial charge is 0.260 e. The Morgan fingerprint density at radius 2 is 0.722 bits per heavy atom. The van der Waals surface area contributed by atoms with Crippen molar-refractivity contribution in [3.8, 4) is 62.9 Å². The van der Waals surface area contributed by atoms with Crippen LogP contribution in [0.25, 0.3) is 90.2 Å². The third kappa shape index (κ3) is 5.22. The molecule has 0 spiro atoms. The van der Waals surface area contributed by atoms with E-state index in [1.54, 1.807) is 8.97 Å². The van der Waals surface area contributed by atoms with Gasteiger partial charge in [0, 0.05) is 33.0 Å². The molecule has 0 N–H and O–H groups in total. The molecule has 4 aromatic heterocycles. The van der Waals surface area contributed by atoms with E-state index in [4.69, 9.17) is 29.9 Å². The lowest BCUT2D eigenvalue weighted by Gasteiger charge is -2.14. The highest BCUT2D eigenvalue weighted by atomic mass is 16.1. The first-order valence-electron chi connectivity index (χ1n) is 17.5. The van der Waals surface area contributed by atoms with Crippen molar-refractivity contribution in [1.29, 1.82) is 0 Å². The summed E-state index contributed by atoms with van der Waals surface area (Å²) in [4.78, 5) is 45.1. The zero-order valence-electron chi connectivity index (χ0n) is 28.7. The average Bonchev–Trinajstić information content (AvgIpc) is 3.61. The Hall–Kier alpha value is -7.65. The third-order valence-electron chi connectivity index (χ3n) is 9.47. The third-order valence-corrected chi connectivity index (χ3v) is 9.47. The van der Waals surface area contributed by atoms with Gasteiger partial charge >= 0.3 is 5.69 Å².